The van der Waals surface area contributed by atoms with Crippen LogP contribution in [0.2, 0.25) is 0 Å². The third-order valence-electron chi connectivity index (χ3n) is 5.99. The quantitative estimate of drug-likeness (QED) is 0.655. The van der Waals surface area contributed by atoms with Gasteiger partial charge in [-0.25, -0.2) is 4.98 Å². The molecule has 0 atom stereocenters. The van der Waals surface area contributed by atoms with Gasteiger partial charge in [-0.3, -0.25) is 9.59 Å². The van der Waals surface area contributed by atoms with E-state index in [-0.39, 0.29) is 11.5 Å². The van der Waals surface area contributed by atoms with Crippen molar-refractivity contribution in [2.45, 2.75) is 51.2 Å². The molecule has 0 saturated carbocycles. The summed E-state index contributed by atoms with van der Waals surface area (Å²) in [7, 11) is 0. The number of nitrogens with one attached hydrogen (secondary N) is 1. The Morgan fingerprint density at radius 3 is 3.00 bits per heavy atom. The minimum atomic E-state index is -0.0262. The molecule has 156 valence electrons. The molecular formula is C23H25N3O2S2. The summed E-state index contributed by atoms with van der Waals surface area (Å²) >= 11 is 3.19. The summed E-state index contributed by atoms with van der Waals surface area (Å²) in [5.74, 6) is 1.71. The lowest BCUT2D eigenvalue weighted by atomic mass is 9.97. The van der Waals surface area contributed by atoms with Crippen LogP contribution in [-0.4, -0.2) is 28.2 Å². The van der Waals surface area contributed by atoms with Crippen molar-refractivity contribution in [3.05, 3.63) is 55.9 Å². The Kier molecular flexibility index (Phi) is 5.41. The molecule has 0 fully saturated rings. The normalized spacial score (nSPS) is 15.8. The molecule has 1 aliphatic carbocycles. The number of amides is 1. The molecule has 5 rings (SSSR count). The Morgan fingerprint density at radius 2 is 2.10 bits per heavy atom. The van der Waals surface area contributed by atoms with Crippen molar-refractivity contribution in [3.63, 3.8) is 0 Å². The van der Waals surface area contributed by atoms with Crippen molar-refractivity contribution < 1.29 is 4.79 Å². The van der Waals surface area contributed by atoms with Crippen molar-refractivity contribution in [2.24, 2.45) is 0 Å². The van der Waals surface area contributed by atoms with E-state index in [4.69, 9.17) is 4.98 Å². The van der Waals surface area contributed by atoms with Gasteiger partial charge in [0.25, 0.3) is 5.56 Å². The van der Waals surface area contributed by atoms with E-state index in [1.807, 2.05) is 4.90 Å². The fraction of sp³-hybridized carbons (Fsp3) is 0.435. The number of hydrogen-bond acceptors (Lipinski definition) is 5. The maximum absolute atomic E-state index is 12.9. The molecule has 3 heterocycles. The monoisotopic (exact) mass is 439 g/mol. The lowest BCUT2D eigenvalue weighted by molar-refractivity contribution is -0.116. The molecule has 7 heteroatoms. The number of thioether (sulfide) groups is 1. The lowest BCUT2D eigenvalue weighted by Crippen LogP contribution is -2.36. The predicted octanol–water partition coefficient (Wildman–Crippen LogP) is 4.38. The van der Waals surface area contributed by atoms with Gasteiger partial charge in [0.05, 0.1) is 16.9 Å². The van der Waals surface area contributed by atoms with E-state index in [2.05, 4.69) is 30.1 Å². The van der Waals surface area contributed by atoms with Gasteiger partial charge < -0.3 is 9.88 Å². The molecule has 1 amide bonds. The highest BCUT2D eigenvalue weighted by Gasteiger charge is 2.23. The molecule has 0 radical (unpaired) electrons. The first-order valence-electron chi connectivity index (χ1n) is 10.6. The van der Waals surface area contributed by atoms with Gasteiger partial charge in [0, 0.05) is 17.1 Å². The minimum Gasteiger partial charge on any atom is -0.311 e. The Labute approximate surface area is 183 Å². The summed E-state index contributed by atoms with van der Waals surface area (Å²) in [6, 6.07) is 6.33. The molecule has 0 bridgehead atoms. The van der Waals surface area contributed by atoms with Gasteiger partial charge in [0.2, 0.25) is 5.91 Å². The van der Waals surface area contributed by atoms with Crippen LogP contribution >= 0.6 is 23.1 Å². The fourth-order valence-electron chi connectivity index (χ4n) is 4.57. The van der Waals surface area contributed by atoms with Crippen LogP contribution in [0.4, 0.5) is 5.69 Å². The second-order valence-corrected chi connectivity index (χ2v) is 10.2. The highest BCUT2D eigenvalue weighted by atomic mass is 32.2. The van der Waals surface area contributed by atoms with E-state index in [0.29, 0.717) is 17.3 Å². The molecule has 0 spiro atoms. The second kappa shape index (κ2) is 8.19. The Balaban J connectivity index is 1.28. The SMILES string of the molecule is Cc1ccc2c(c1)CCCN2C(=O)CSCc1nc2sc3c(c2c(=O)[nH]1)CCCC3. The van der Waals surface area contributed by atoms with Gasteiger partial charge in [-0.15, -0.1) is 23.1 Å². The number of benzene rings is 1. The van der Waals surface area contributed by atoms with E-state index < -0.39 is 0 Å². The summed E-state index contributed by atoms with van der Waals surface area (Å²) in [6.07, 6.45) is 6.43. The number of thiophene rings is 1. The zero-order chi connectivity index (χ0) is 20.7. The molecular weight excluding hydrogens is 414 g/mol. The first kappa shape index (κ1) is 19.8. The summed E-state index contributed by atoms with van der Waals surface area (Å²) in [5, 5.41) is 0.791. The third kappa shape index (κ3) is 3.69. The van der Waals surface area contributed by atoms with Gasteiger partial charge >= 0.3 is 0 Å². The number of anilines is 1. The van der Waals surface area contributed by atoms with E-state index in [1.54, 1.807) is 11.3 Å². The Bertz CT molecular complexity index is 1180. The average Bonchev–Trinajstić information content (AvgIpc) is 3.12. The average molecular weight is 440 g/mol. The molecule has 3 aromatic rings. The highest BCUT2D eigenvalue weighted by molar-refractivity contribution is 7.99. The van der Waals surface area contributed by atoms with Crippen LogP contribution in [0.5, 0.6) is 0 Å². The lowest BCUT2D eigenvalue weighted by Gasteiger charge is -2.29. The van der Waals surface area contributed by atoms with Gasteiger partial charge in [0.1, 0.15) is 10.7 Å². The Morgan fingerprint density at radius 1 is 1.23 bits per heavy atom. The Hall–Kier alpha value is -2.12. The number of aryl methyl sites for hydroxylation is 4. The number of hydrogen-bond donors (Lipinski definition) is 1. The molecule has 30 heavy (non-hydrogen) atoms. The summed E-state index contributed by atoms with van der Waals surface area (Å²) in [4.78, 5) is 37.3. The zero-order valence-corrected chi connectivity index (χ0v) is 18.8. The van der Waals surface area contributed by atoms with Crippen LogP contribution in [0.25, 0.3) is 10.2 Å². The first-order valence-corrected chi connectivity index (χ1v) is 12.6. The van der Waals surface area contributed by atoms with E-state index in [0.717, 1.165) is 54.6 Å². The van der Waals surface area contributed by atoms with E-state index >= 15 is 0 Å². The molecule has 0 saturated heterocycles. The fourth-order valence-corrected chi connectivity index (χ4v) is 6.62. The molecule has 2 aromatic heterocycles. The van der Waals surface area contributed by atoms with Crippen molar-refractivity contribution >= 4 is 44.9 Å². The van der Waals surface area contributed by atoms with Crippen LogP contribution in [0.15, 0.2) is 23.0 Å². The predicted molar refractivity (Wildman–Crippen MR) is 125 cm³/mol. The number of fused-ring (bicyclic) bond motifs is 4. The van der Waals surface area contributed by atoms with Crippen LogP contribution < -0.4 is 10.5 Å². The zero-order valence-electron chi connectivity index (χ0n) is 17.1. The number of rotatable bonds is 4. The molecule has 0 unspecified atom stereocenters. The number of carbonyl (C=O) groups excluding carboxylic acids is 1. The van der Waals surface area contributed by atoms with Gasteiger partial charge in [-0.1, -0.05) is 17.7 Å². The smallest absolute Gasteiger partial charge is 0.259 e. The van der Waals surface area contributed by atoms with Gasteiger partial charge in [-0.2, -0.15) is 0 Å². The minimum absolute atomic E-state index is 0.0262. The van der Waals surface area contributed by atoms with Crippen molar-refractivity contribution in [1.82, 2.24) is 9.97 Å². The third-order valence-corrected chi connectivity index (χ3v) is 8.11. The summed E-state index contributed by atoms with van der Waals surface area (Å²) in [5.41, 5.74) is 4.73. The first-order chi connectivity index (χ1) is 14.6. The maximum Gasteiger partial charge on any atom is 0.259 e. The van der Waals surface area contributed by atoms with Gasteiger partial charge in [-0.05, 0) is 62.6 Å². The van der Waals surface area contributed by atoms with Crippen LogP contribution in [0.3, 0.4) is 0 Å². The van der Waals surface area contributed by atoms with E-state index in [1.165, 1.54) is 39.8 Å². The second-order valence-electron chi connectivity index (χ2n) is 8.18. The van der Waals surface area contributed by atoms with Gasteiger partial charge in [0.15, 0.2) is 0 Å². The van der Waals surface area contributed by atoms with Crippen LogP contribution in [0.1, 0.15) is 46.7 Å². The highest BCUT2D eigenvalue weighted by Crippen LogP contribution is 2.34. The molecule has 2 aliphatic rings. The van der Waals surface area contributed by atoms with Crippen molar-refractivity contribution in [3.8, 4) is 0 Å². The van der Waals surface area contributed by atoms with E-state index in [9.17, 15) is 9.59 Å². The number of carbonyl (C=O) groups is 1. The van der Waals surface area contributed by atoms with Crippen molar-refractivity contribution in [2.75, 3.05) is 17.2 Å². The number of H-pyrrole nitrogens is 1. The largest absolute Gasteiger partial charge is 0.311 e. The molecule has 1 N–H and O–H groups in total. The number of aromatic amines is 1. The molecule has 1 aliphatic heterocycles. The van der Waals surface area contributed by atoms with Crippen LogP contribution in [-0.2, 0) is 29.8 Å². The summed E-state index contributed by atoms with van der Waals surface area (Å²) < 4.78 is 0. The molecule has 1 aromatic carbocycles. The van der Waals surface area contributed by atoms with Crippen LogP contribution in [0, 0.1) is 6.92 Å². The standard InChI is InChI=1S/C23H25N3O2S2/c1-14-8-9-17-15(11-14)5-4-10-26(17)20(27)13-29-12-19-24-22(28)21-16-6-2-3-7-18(16)30-23(21)25-19/h8-9,11H,2-7,10,12-13H2,1H3,(H,24,25,28). The molecule has 5 nitrogen and oxygen atoms in total. The number of nitrogens with zero attached hydrogens (tertiary/aromatic N) is 2. The summed E-state index contributed by atoms with van der Waals surface area (Å²) in [6.45, 7) is 2.86. The topological polar surface area (TPSA) is 66.1 Å². The number of aromatic nitrogens is 2. The van der Waals surface area contributed by atoms with Crippen molar-refractivity contribution in [1.29, 1.82) is 0 Å². The maximum atomic E-state index is 12.9.